The van der Waals surface area contributed by atoms with Crippen molar-refractivity contribution in [1.82, 2.24) is 4.98 Å². The van der Waals surface area contributed by atoms with Gasteiger partial charge < -0.3 is 0 Å². The molecule has 0 spiro atoms. The van der Waals surface area contributed by atoms with E-state index in [2.05, 4.69) is 4.98 Å². The van der Waals surface area contributed by atoms with Crippen molar-refractivity contribution in [2.45, 2.75) is 43.8 Å². The summed E-state index contributed by atoms with van der Waals surface area (Å²) in [5.74, 6) is -0.165. The predicted octanol–water partition coefficient (Wildman–Crippen LogP) is 3.45. The van der Waals surface area contributed by atoms with Crippen LogP contribution >= 0.6 is 0 Å². The Bertz CT molecular complexity index is 512. The molecule has 7 heteroatoms. The van der Waals surface area contributed by atoms with Crippen molar-refractivity contribution >= 4 is 9.84 Å². The third-order valence-corrected chi connectivity index (χ3v) is 4.33. The summed E-state index contributed by atoms with van der Waals surface area (Å²) < 4.78 is 61.1. The molecule has 1 heterocycles. The lowest BCUT2D eigenvalue weighted by atomic mass is 10.2. The lowest BCUT2D eigenvalue weighted by Gasteiger charge is -2.08. The molecular weight excluding hydrogens is 279 g/mol. The van der Waals surface area contributed by atoms with Crippen molar-refractivity contribution in [3.63, 3.8) is 0 Å². The number of halogens is 3. The van der Waals surface area contributed by atoms with Crippen molar-refractivity contribution in [3.05, 3.63) is 23.9 Å². The molecule has 19 heavy (non-hydrogen) atoms. The van der Waals surface area contributed by atoms with Gasteiger partial charge in [-0.25, -0.2) is 13.4 Å². The molecule has 0 N–H and O–H groups in total. The van der Waals surface area contributed by atoms with Gasteiger partial charge in [0.25, 0.3) is 0 Å². The van der Waals surface area contributed by atoms with E-state index in [0.29, 0.717) is 12.5 Å². The van der Waals surface area contributed by atoms with E-state index in [4.69, 9.17) is 0 Å². The number of rotatable bonds is 6. The maximum absolute atomic E-state index is 12.5. The Morgan fingerprint density at radius 3 is 2.47 bits per heavy atom. The van der Waals surface area contributed by atoms with Crippen LogP contribution in [0.4, 0.5) is 13.2 Å². The van der Waals surface area contributed by atoms with Gasteiger partial charge in [-0.05, 0) is 18.6 Å². The number of sulfone groups is 1. The molecule has 0 aliphatic heterocycles. The zero-order chi connectivity index (χ0) is 14.5. The molecular formula is C12H16F3NO2S. The van der Waals surface area contributed by atoms with Crippen LogP contribution in [0.5, 0.6) is 0 Å². The molecule has 0 atom stereocenters. The first-order valence-electron chi connectivity index (χ1n) is 6.03. The maximum Gasteiger partial charge on any atom is 0.416 e. The summed E-state index contributed by atoms with van der Waals surface area (Å²) in [4.78, 5) is 3.54. The van der Waals surface area contributed by atoms with Crippen LogP contribution in [0.15, 0.2) is 23.4 Å². The van der Waals surface area contributed by atoms with Gasteiger partial charge in [-0.15, -0.1) is 0 Å². The molecule has 1 rings (SSSR count). The largest absolute Gasteiger partial charge is 0.416 e. The smallest absolute Gasteiger partial charge is 0.245 e. The van der Waals surface area contributed by atoms with Gasteiger partial charge in [0.1, 0.15) is 0 Å². The average molecular weight is 295 g/mol. The van der Waals surface area contributed by atoms with Gasteiger partial charge in [0.2, 0.25) is 0 Å². The zero-order valence-electron chi connectivity index (χ0n) is 10.6. The molecule has 3 nitrogen and oxygen atoms in total. The summed E-state index contributed by atoms with van der Waals surface area (Å²) in [5.41, 5.74) is -0.991. The minimum Gasteiger partial charge on any atom is -0.245 e. The summed E-state index contributed by atoms with van der Waals surface area (Å²) in [6, 6.07) is 1.35. The van der Waals surface area contributed by atoms with Crippen molar-refractivity contribution in [2.24, 2.45) is 0 Å². The van der Waals surface area contributed by atoms with Crippen LogP contribution in [0.3, 0.4) is 0 Å². The molecule has 1 aromatic heterocycles. The minimum atomic E-state index is -4.56. The van der Waals surface area contributed by atoms with Gasteiger partial charge in [0.15, 0.2) is 14.9 Å². The molecule has 0 amide bonds. The summed E-state index contributed by atoms with van der Waals surface area (Å²) >= 11 is 0. The first-order valence-corrected chi connectivity index (χ1v) is 7.68. The number of hydrogen-bond acceptors (Lipinski definition) is 3. The Kier molecular flexibility index (Phi) is 5.34. The van der Waals surface area contributed by atoms with E-state index in [1.54, 1.807) is 0 Å². The summed E-state index contributed by atoms with van der Waals surface area (Å²) in [6.45, 7) is 1.99. The highest BCUT2D eigenvalue weighted by Gasteiger charge is 2.32. The van der Waals surface area contributed by atoms with Gasteiger partial charge in [-0.3, -0.25) is 0 Å². The van der Waals surface area contributed by atoms with Crippen molar-refractivity contribution in [3.8, 4) is 0 Å². The van der Waals surface area contributed by atoms with E-state index in [0.717, 1.165) is 31.5 Å². The van der Waals surface area contributed by atoms with Crippen LogP contribution in [-0.4, -0.2) is 19.2 Å². The van der Waals surface area contributed by atoms with Crippen LogP contribution in [0.2, 0.25) is 0 Å². The Hall–Kier alpha value is -1.11. The molecule has 0 fully saturated rings. The molecule has 0 aromatic carbocycles. The number of nitrogens with zero attached hydrogens (tertiary/aromatic N) is 1. The third kappa shape index (κ3) is 4.81. The Morgan fingerprint density at radius 1 is 1.21 bits per heavy atom. The van der Waals surface area contributed by atoms with Crippen LogP contribution in [0, 0.1) is 0 Å². The fraction of sp³-hybridized carbons (Fsp3) is 0.583. The number of unbranched alkanes of at least 4 members (excludes halogenated alkanes) is 3. The van der Waals surface area contributed by atoms with Crippen LogP contribution < -0.4 is 0 Å². The van der Waals surface area contributed by atoms with Crippen LogP contribution in [-0.2, 0) is 16.0 Å². The van der Waals surface area contributed by atoms with Crippen molar-refractivity contribution in [2.75, 3.05) is 5.75 Å². The number of hydrogen-bond donors (Lipinski definition) is 0. The zero-order valence-corrected chi connectivity index (χ0v) is 11.4. The molecule has 1 aromatic rings. The normalized spacial score (nSPS) is 12.6. The molecule has 0 radical (unpaired) electrons. The Balaban J connectivity index is 2.84. The predicted molar refractivity (Wildman–Crippen MR) is 65.4 cm³/mol. The first-order chi connectivity index (χ1) is 8.77. The lowest BCUT2D eigenvalue weighted by molar-refractivity contribution is -0.137. The highest BCUT2D eigenvalue weighted by Crippen LogP contribution is 2.30. The molecule has 0 aliphatic carbocycles. The van der Waals surface area contributed by atoms with E-state index >= 15 is 0 Å². The summed E-state index contributed by atoms with van der Waals surface area (Å²) in [6.07, 6.45) is -0.632. The van der Waals surface area contributed by atoms with E-state index in [1.165, 1.54) is 0 Å². The van der Waals surface area contributed by atoms with Crippen molar-refractivity contribution < 1.29 is 21.6 Å². The van der Waals surface area contributed by atoms with Crippen LogP contribution in [0.25, 0.3) is 0 Å². The molecule has 0 aliphatic rings. The number of aromatic nitrogens is 1. The van der Waals surface area contributed by atoms with E-state index in [9.17, 15) is 21.6 Å². The molecule has 0 unspecified atom stereocenters. The molecule has 0 saturated carbocycles. The average Bonchev–Trinajstić information content (AvgIpc) is 2.34. The first kappa shape index (κ1) is 15.9. The summed E-state index contributed by atoms with van der Waals surface area (Å²) in [5, 5.41) is -0.501. The SMILES string of the molecule is CCCCCCS(=O)(=O)c1cc(C(F)(F)F)ccn1. The van der Waals surface area contributed by atoms with Gasteiger partial charge in [0.05, 0.1) is 11.3 Å². The Labute approximate surface area is 110 Å². The summed E-state index contributed by atoms with van der Waals surface area (Å²) in [7, 11) is -3.73. The third-order valence-electron chi connectivity index (χ3n) is 2.65. The van der Waals surface area contributed by atoms with Gasteiger partial charge in [-0.1, -0.05) is 26.2 Å². The van der Waals surface area contributed by atoms with E-state index in [-0.39, 0.29) is 5.75 Å². The fourth-order valence-corrected chi connectivity index (χ4v) is 2.90. The van der Waals surface area contributed by atoms with E-state index in [1.807, 2.05) is 6.92 Å². The lowest BCUT2D eigenvalue weighted by Crippen LogP contribution is -2.12. The highest BCUT2D eigenvalue weighted by molar-refractivity contribution is 7.91. The van der Waals surface area contributed by atoms with Gasteiger partial charge in [-0.2, -0.15) is 13.2 Å². The second-order valence-corrected chi connectivity index (χ2v) is 6.32. The van der Waals surface area contributed by atoms with E-state index < -0.39 is 26.6 Å². The fourth-order valence-electron chi connectivity index (χ4n) is 1.58. The Morgan fingerprint density at radius 2 is 1.89 bits per heavy atom. The molecule has 108 valence electrons. The monoisotopic (exact) mass is 295 g/mol. The second-order valence-electron chi connectivity index (χ2n) is 4.26. The number of alkyl halides is 3. The highest BCUT2D eigenvalue weighted by atomic mass is 32.2. The standard InChI is InChI=1S/C12H16F3NO2S/c1-2-3-4-5-8-19(17,18)11-9-10(6-7-16-11)12(13,14)15/h6-7,9H,2-5,8H2,1H3. The molecule has 0 saturated heterocycles. The van der Waals surface area contributed by atoms with Crippen molar-refractivity contribution in [1.29, 1.82) is 0 Å². The van der Waals surface area contributed by atoms with Gasteiger partial charge >= 0.3 is 6.18 Å². The second kappa shape index (κ2) is 6.36. The van der Waals surface area contributed by atoms with Gasteiger partial charge in [0, 0.05) is 6.20 Å². The topological polar surface area (TPSA) is 47.0 Å². The number of pyridine rings is 1. The molecule has 0 bridgehead atoms. The van der Waals surface area contributed by atoms with Crippen LogP contribution in [0.1, 0.15) is 38.2 Å². The quantitative estimate of drug-likeness (QED) is 0.755. The minimum absolute atomic E-state index is 0.165. The maximum atomic E-state index is 12.5.